The van der Waals surface area contributed by atoms with E-state index in [-0.39, 0.29) is 11.8 Å². The van der Waals surface area contributed by atoms with Crippen LogP contribution >= 0.6 is 0 Å². The van der Waals surface area contributed by atoms with Crippen LogP contribution in [0.4, 0.5) is 4.79 Å². The van der Waals surface area contributed by atoms with Crippen LogP contribution in [0.3, 0.4) is 0 Å². The number of hydrogen-bond acceptors (Lipinski definition) is 5. The molecule has 22 heavy (non-hydrogen) atoms. The zero-order valence-corrected chi connectivity index (χ0v) is 12.9. The van der Waals surface area contributed by atoms with Crippen LogP contribution in [-0.2, 0) is 4.74 Å². The second-order valence-corrected chi connectivity index (χ2v) is 6.07. The summed E-state index contributed by atoms with van der Waals surface area (Å²) in [6, 6.07) is 0. The molecule has 0 aromatic rings. The molecule has 0 bridgehead atoms. The average molecular weight is 305 g/mol. The standard InChI is InChI=1S/C15H19N3O4/c1-15(2,3)22-14(19)17-8-6-11(7-9-17)12-4-5-13(16-10-12)18(20)21/h4-8,12H,9-10H2,1-3H3. The first-order valence-electron chi connectivity index (χ1n) is 7.01. The Labute approximate surface area is 128 Å². The number of nitro groups is 1. The lowest BCUT2D eigenvalue weighted by Crippen LogP contribution is -2.35. The molecule has 2 rings (SSSR count). The van der Waals surface area contributed by atoms with Crippen molar-refractivity contribution in [3.63, 3.8) is 0 Å². The topological polar surface area (TPSA) is 85.0 Å². The summed E-state index contributed by atoms with van der Waals surface area (Å²) in [5.74, 6) is -0.118. The van der Waals surface area contributed by atoms with E-state index in [0.29, 0.717) is 13.1 Å². The van der Waals surface area contributed by atoms with Crippen LogP contribution < -0.4 is 0 Å². The molecule has 7 nitrogen and oxygen atoms in total. The summed E-state index contributed by atoms with van der Waals surface area (Å²) in [4.78, 5) is 27.5. The van der Waals surface area contributed by atoms with Gasteiger partial charge in [0.25, 0.3) is 0 Å². The van der Waals surface area contributed by atoms with Gasteiger partial charge in [-0.2, -0.15) is 0 Å². The zero-order chi connectivity index (χ0) is 16.3. The molecular formula is C15H19N3O4. The van der Waals surface area contributed by atoms with Gasteiger partial charge in [0, 0.05) is 24.7 Å². The van der Waals surface area contributed by atoms with Crippen LogP contribution in [0.25, 0.3) is 0 Å². The molecule has 1 atom stereocenters. The average Bonchev–Trinajstić information content (AvgIpc) is 2.46. The Morgan fingerprint density at radius 3 is 2.64 bits per heavy atom. The summed E-state index contributed by atoms with van der Waals surface area (Å²) in [7, 11) is 0. The molecule has 1 amide bonds. The summed E-state index contributed by atoms with van der Waals surface area (Å²) in [6.45, 7) is 6.21. The van der Waals surface area contributed by atoms with Gasteiger partial charge < -0.3 is 14.9 Å². The number of ether oxygens (including phenoxy) is 1. The second kappa shape index (κ2) is 6.13. The third kappa shape index (κ3) is 4.03. The Hall–Kier alpha value is -2.44. The van der Waals surface area contributed by atoms with E-state index in [1.54, 1.807) is 12.3 Å². The van der Waals surface area contributed by atoms with Crippen molar-refractivity contribution in [2.24, 2.45) is 10.9 Å². The summed E-state index contributed by atoms with van der Waals surface area (Å²) < 4.78 is 5.29. The summed E-state index contributed by atoms with van der Waals surface area (Å²) in [6.07, 6.45) is 8.19. The van der Waals surface area contributed by atoms with Crippen molar-refractivity contribution in [2.75, 3.05) is 13.1 Å². The van der Waals surface area contributed by atoms with Crippen molar-refractivity contribution in [1.82, 2.24) is 4.90 Å². The fraction of sp³-hybridized carbons (Fsp3) is 0.467. The van der Waals surface area contributed by atoms with E-state index in [1.807, 2.05) is 32.9 Å². The van der Waals surface area contributed by atoms with Gasteiger partial charge in [0.15, 0.2) is 0 Å². The second-order valence-electron chi connectivity index (χ2n) is 6.07. The van der Waals surface area contributed by atoms with Crippen molar-refractivity contribution in [2.45, 2.75) is 26.4 Å². The van der Waals surface area contributed by atoms with E-state index in [1.165, 1.54) is 11.0 Å². The molecule has 0 saturated heterocycles. The van der Waals surface area contributed by atoms with Crippen molar-refractivity contribution in [3.05, 3.63) is 46.2 Å². The van der Waals surface area contributed by atoms with Crippen molar-refractivity contribution in [1.29, 1.82) is 0 Å². The Bertz CT molecular complexity index is 596. The summed E-state index contributed by atoms with van der Waals surface area (Å²) in [5, 5.41) is 10.6. The van der Waals surface area contributed by atoms with Crippen LogP contribution in [0.1, 0.15) is 20.8 Å². The predicted molar refractivity (Wildman–Crippen MR) is 82.1 cm³/mol. The number of allylic oxidation sites excluding steroid dienone is 1. The minimum atomic E-state index is -0.533. The van der Waals surface area contributed by atoms with Gasteiger partial charge in [-0.1, -0.05) is 17.1 Å². The highest BCUT2D eigenvalue weighted by Crippen LogP contribution is 2.22. The summed E-state index contributed by atoms with van der Waals surface area (Å²) in [5.41, 5.74) is 0.455. The van der Waals surface area contributed by atoms with Gasteiger partial charge in [0.05, 0.1) is 0 Å². The van der Waals surface area contributed by atoms with Gasteiger partial charge >= 0.3 is 11.9 Å². The number of aliphatic imine (C=N–C) groups is 1. The van der Waals surface area contributed by atoms with E-state index in [4.69, 9.17) is 4.74 Å². The van der Waals surface area contributed by atoms with Gasteiger partial charge in [-0.25, -0.2) is 4.79 Å². The number of rotatable bonds is 1. The number of dihydropyridines is 1. The van der Waals surface area contributed by atoms with Crippen LogP contribution in [0.15, 0.2) is 41.1 Å². The van der Waals surface area contributed by atoms with E-state index < -0.39 is 16.6 Å². The molecule has 2 aliphatic rings. The smallest absolute Gasteiger partial charge is 0.414 e. The SMILES string of the molecule is CC(C)(C)OC(=O)N1C=CC(C2C=CC([N+](=O)[O-])=NC2)=CC1. The normalized spacial score (nSPS) is 21.2. The summed E-state index contributed by atoms with van der Waals surface area (Å²) >= 11 is 0. The molecule has 7 heteroatoms. The Morgan fingerprint density at radius 2 is 2.18 bits per heavy atom. The first-order chi connectivity index (χ1) is 10.3. The highest BCUT2D eigenvalue weighted by Gasteiger charge is 2.24. The molecule has 0 aliphatic carbocycles. The highest BCUT2D eigenvalue weighted by molar-refractivity contribution is 5.86. The van der Waals surface area contributed by atoms with Crippen LogP contribution in [-0.4, -0.2) is 40.4 Å². The Kier molecular flexibility index (Phi) is 4.44. The quantitative estimate of drug-likeness (QED) is 0.550. The number of amidine groups is 1. The number of carbonyl (C=O) groups is 1. The molecule has 0 N–H and O–H groups in total. The van der Waals surface area contributed by atoms with Crippen molar-refractivity contribution >= 4 is 11.9 Å². The third-order valence-corrected chi connectivity index (χ3v) is 3.14. The molecule has 0 aromatic heterocycles. The molecule has 2 aliphatic heterocycles. The maximum atomic E-state index is 11.9. The van der Waals surface area contributed by atoms with Crippen molar-refractivity contribution in [3.8, 4) is 0 Å². The van der Waals surface area contributed by atoms with Crippen LogP contribution in [0.2, 0.25) is 0 Å². The molecule has 118 valence electrons. The highest BCUT2D eigenvalue weighted by atomic mass is 16.6. The molecule has 0 spiro atoms. The maximum absolute atomic E-state index is 11.9. The maximum Gasteiger partial charge on any atom is 0.414 e. The van der Waals surface area contributed by atoms with Gasteiger partial charge in [0.2, 0.25) is 0 Å². The first kappa shape index (κ1) is 15.9. The first-order valence-corrected chi connectivity index (χ1v) is 7.01. The number of nitrogens with zero attached hydrogens (tertiary/aromatic N) is 3. The minimum Gasteiger partial charge on any atom is -0.443 e. The van der Waals surface area contributed by atoms with E-state index in [9.17, 15) is 14.9 Å². The molecule has 1 unspecified atom stereocenters. The fourth-order valence-electron chi connectivity index (χ4n) is 2.08. The van der Waals surface area contributed by atoms with E-state index >= 15 is 0 Å². The number of carbonyl (C=O) groups excluding carboxylic acids is 1. The molecule has 0 fully saturated rings. The monoisotopic (exact) mass is 305 g/mol. The third-order valence-electron chi connectivity index (χ3n) is 3.14. The molecule has 0 radical (unpaired) electrons. The Morgan fingerprint density at radius 1 is 1.45 bits per heavy atom. The van der Waals surface area contributed by atoms with Gasteiger partial charge in [-0.05, 0) is 37.3 Å². The lowest BCUT2D eigenvalue weighted by atomic mass is 9.95. The molecule has 0 aromatic carbocycles. The zero-order valence-electron chi connectivity index (χ0n) is 12.9. The number of hydrogen-bond donors (Lipinski definition) is 0. The predicted octanol–water partition coefficient (Wildman–Crippen LogP) is 2.54. The number of amides is 1. The fourth-order valence-corrected chi connectivity index (χ4v) is 2.08. The van der Waals surface area contributed by atoms with Crippen molar-refractivity contribution < 1.29 is 14.5 Å². The Balaban J connectivity index is 1.94. The van der Waals surface area contributed by atoms with Crippen LogP contribution in [0.5, 0.6) is 0 Å². The lowest BCUT2D eigenvalue weighted by Gasteiger charge is -2.27. The molecule has 2 heterocycles. The van der Waals surface area contributed by atoms with Gasteiger partial charge in [-0.15, -0.1) is 0 Å². The van der Waals surface area contributed by atoms with Gasteiger partial charge in [0.1, 0.15) is 12.1 Å². The van der Waals surface area contributed by atoms with E-state index in [0.717, 1.165) is 5.57 Å². The van der Waals surface area contributed by atoms with E-state index in [2.05, 4.69) is 4.99 Å². The largest absolute Gasteiger partial charge is 0.443 e. The molecular weight excluding hydrogens is 286 g/mol. The molecule has 0 saturated carbocycles. The van der Waals surface area contributed by atoms with Gasteiger partial charge in [-0.3, -0.25) is 4.90 Å². The lowest BCUT2D eigenvalue weighted by molar-refractivity contribution is -0.348. The van der Waals surface area contributed by atoms with Crippen LogP contribution in [0, 0.1) is 16.0 Å². The minimum absolute atomic E-state index is 0.000682.